The molecule has 3 N–H and O–H groups in total. The predicted octanol–water partition coefficient (Wildman–Crippen LogP) is -0.126. The van der Waals surface area contributed by atoms with E-state index in [1.807, 2.05) is 6.20 Å². The van der Waals surface area contributed by atoms with Crippen LogP contribution < -0.4 is 51.4 Å². The van der Waals surface area contributed by atoms with Crippen LogP contribution in [0.4, 0.5) is 0 Å². The largest absolute Gasteiger partial charge is 1.00 e. The van der Waals surface area contributed by atoms with Gasteiger partial charge in [0.25, 0.3) is 0 Å². The molecular weight excluding hydrogens is 311 g/mol. The zero-order valence-corrected chi connectivity index (χ0v) is 18.2. The van der Waals surface area contributed by atoms with E-state index in [0.29, 0.717) is 12.1 Å². The second-order valence-corrected chi connectivity index (χ2v) is 5.96. The van der Waals surface area contributed by atoms with E-state index in [1.165, 1.54) is 6.42 Å². The standard InChI is InChI=1S/C12H23N4.C2H6O.K.H2O2/c1-10(2)6-12(3,4)7-11-8-16(9-13-5)15-14-11;1-2-3;;1-2/h8,10H,6-7,9H2,1-5H3;3H,2H2,1H3;;1-2H/q-1;;+1;. The van der Waals surface area contributed by atoms with Crippen LogP contribution in [0.1, 0.15) is 46.7 Å². The third-order valence-electron chi connectivity index (χ3n) is 2.49. The van der Waals surface area contributed by atoms with Gasteiger partial charge in [0.05, 0.1) is 5.69 Å². The van der Waals surface area contributed by atoms with E-state index >= 15 is 0 Å². The summed E-state index contributed by atoms with van der Waals surface area (Å²) in [5, 5.41) is 31.8. The second kappa shape index (κ2) is 16.5. The molecule has 1 rings (SSSR count). The molecule has 0 amide bonds. The number of nitrogens with zero attached hydrogens (tertiary/aromatic N) is 4. The summed E-state index contributed by atoms with van der Waals surface area (Å²) in [7, 11) is 1.78. The Balaban J connectivity index is -0.000000536. The normalized spacial score (nSPS) is 10.1. The Hall–Kier alpha value is 0.616. The molecule has 0 bridgehead atoms. The number of aliphatic hydroxyl groups is 1. The Morgan fingerprint density at radius 2 is 1.82 bits per heavy atom. The molecule has 0 saturated heterocycles. The molecule has 126 valence electrons. The molecule has 1 heterocycles. The fraction of sp³-hybridized carbons (Fsp3) is 0.857. The maximum absolute atomic E-state index is 7.57. The number of hydrogen-bond donors (Lipinski definition) is 3. The number of aliphatic hydroxyl groups excluding tert-OH is 1. The molecule has 7 nitrogen and oxygen atoms in total. The van der Waals surface area contributed by atoms with E-state index in [-0.39, 0.29) is 58.0 Å². The SMILES string of the molecule is CCO.C[N-]Cn1cc(CC(C)(C)CC(C)C)nn1.OO.[K+]. The van der Waals surface area contributed by atoms with E-state index in [1.54, 1.807) is 18.7 Å². The van der Waals surface area contributed by atoms with Gasteiger partial charge in [0.1, 0.15) is 0 Å². The van der Waals surface area contributed by atoms with Crippen molar-refractivity contribution in [2.24, 2.45) is 11.3 Å². The molecule has 0 aliphatic heterocycles. The zero-order valence-electron chi connectivity index (χ0n) is 15.1. The van der Waals surface area contributed by atoms with Crippen molar-refractivity contribution in [1.29, 1.82) is 0 Å². The van der Waals surface area contributed by atoms with Crippen LogP contribution in [0, 0.1) is 11.3 Å². The molecule has 1 aromatic heterocycles. The summed E-state index contributed by atoms with van der Waals surface area (Å²) in [5.41, 5.74) is 1.35. The first-order valence-corrected chi connectivity index (χ1v) is 7.10. The van der Waals surface area contributed by atoms with Gasteiger partial charge in [0.2, 0.25) is 0 Å². The van der Waals surface area contributed by atoms with Crippen LogP contribution in [-0.2, 0) is 13.1 Å². The van der Waals surface area contributed by atoms with Gasteiger partial charge in [-0.05, 0) is 37.8 Å². The summed E-state index contributed by atoms with van der Waals surface area (Å²) in [6.45, 7) is 11.6. The van der Waals surface area contributed by atoms with Crippen molar-refractivity contribution in [2.45, 2.75) is 54.1 Å². The Morgan fingerprint density at radius 3 is 2.23 bits per heavy atom. The molecule has 0 aliphatic rings. The van der Waals surface area contributed by atoms with Crippen molar-refractivity contribution in [3.05, 3.63) is 17.2 Å². The quantitative estimate of drug-likeness (QED) is 0.379. The molecule has 8 heteroatoms. The minimum absolute atomic E-state index is 0. The molecule has 0 saturated carbocycles. The summed E-state index contributed by atoms with van der Waals surface area (Å²) in [6.07, 6.45) is 4.18. The first-order valence-electron chi connectivity index (χ1n) is 7.10. The molecule has 0 aliphatic carbocycles. The first kappa shape index (κ1) is 27.5. The summed E-state index contributed by atoms with van der Waals surface area (Å²) < 4.78 is 1.78. The Morgan fingerprint density at radius 1 is 1.32 bits per heavy atom. The van der Waals surface area contributed by atoms with Gasteiger partial charge in [0.15, 0.2) is 0 Å². The van der Waals surface area contributed by atoms with Crippen LogP contribution in [0.15, 0.2) is 6.20 Å². The summed E-state index contributed by atoms with van der Waals surface area (Å²) >= 11 is 0. The third-order valence-corrected chi connectivity index (χ3v) is 2.49. The number of hydrogen-bond acceptors (Lipinski definition) is 5. The van der Waals surface area contributed by atoms with Crippen LogP contribution in [0.3, 0.4) is 0 Å². The van der Waals surface area contributed by atoms with Gasteiger partial charge in [-0.1, -0.05) is 32.9 Å². The minimum Gasteiger partial charge on any atom is -0.646 e. The van der Waals surface area contributed by atoms with Gasteiger partial charge in [-0.3, -0.25) is 15.2 Å². The van der Waals surface area contributed by atoms with Crippen molar-refractivity contribution in [3.63, 3.8) is 0 Å². The Bertz CT molecular complexity index is 347. The molecule has 0 unspecified atom stereocenters. The van der Waals surface area contributed by atoms with Crippen molar-refractivity contribution in [1.82, 2.24) is 15.0 Å². The van der Waals surface area contributed by atoms with Gasteiger partial charge in [-0.25, -0.2) is 0 Å². The summed E-state index contributed by atoms with van der Waals surface area (Å²) in [6, 6.07) is 0. The maximum atomic E-state index is 7.57. The van der Waals surface area contributed by atoms with Crippen molar-refractivity contribution in [3.8, 4) is 0 Å². The van der Waals surface area contributed by atoms with E-state index in [4.69, 9.17) is 15.6 Å². The molecule has 0 spiro atoms. The average molecular weight is 343 g/mol. The maximum Gasteiger partial charge on any atom is 1.00 e. The Kier molecular flexibility index (Phi) is 20.6. The van der Waals surface area contributed by atoms with Gasteiger partial charge < -0.3 is 10.4 Å². The third kappa shape index (κ3) is 15.5. The Labute approximate surface area is 176 Å². The van der Waals surface area contributed by atoms with E-state index in [0.717, 1.165) is 18.0 Å². The van der Waals surface area contributed by atoms with Crippen LogP contribution in [-0.4, -0.2) is 44.3 Å². The summed E-state index contributed by atoms with van der Waals surface area (Å²) in [5.74, 6) is 0.718. The number of rotatable bonds is 6. The molecule has 0 fully saturated rings. The zero-order chi connectivity index (χ0) is 16.9. The van der Waals surface area contributed by atoms with E-state index in [9.17, 15) is 0 Å². The predicted molar refractivity (Wildman–Crippen MR) is 84.3 cm³/mol. The molecule has 0 aromatic carbocycles. The minimum atomic E-state index is 0. The van der Waals surface area contributed by atoms with Gasteiger partial charge in [0, 0.05) is 12.8 Å². The van der Waals surface area contributed by atoms with Crippen molar-refractivity contribution < 1.29 is 67.0 Å². The fourth-order valence-electron chi connectivity index (χ4n) is 2.30. The van der Waals surface area contributed by atoms with Gasteiger partial charge >= 0.3 is 51.4 Å². The van der Waals surface area contributed by atoms with Crippen LogP contribution in [0.5, 0.6) is 0 Å². The van der Waals surface area contributed by atoms with Crippen molar-refractivity contribution >= 4 is 0 Å². The smallest absolute Gasteiger partial charge is 0.646 e. The first-order chi connectivity index (χ1) is 9.84. The topological polar surface area (TPSA) is 106 Å². The van der Waals surface area contributed by atoms with Crippen LogP contribution in [0.25, 0.3) is 5.32 Å². The fourth-order valence-corrected chi connectivity index (χ4v) is 2.30. The van der Waals surface area contributed by atoms with Crippen LogP contribution >= 0.6 is 0 Å². The van der Waals surface area contributed by atoms with Crippen LogP contribution in [0.2, 0.25) is 0 Å². The molecule has 1 aromatic rings. The second-order valence-electron chi connectivity index (χ2n) is 5.96. The summed E-state index contributed by atoms with van der Waals surface area (Å²) in [4.78, 5) is 0. The van der Waals surface area contributed by atoms with E-state index < -0.39 is 0 Å². The van der Waals surface area contributed by atoms with E-state index in [2.05, 4.69) is 43.3 Å². The number of aromatic nitrogens is 3. The van der Waals surface area contributed by atoms with Gasteiger partial charge in [-0.15, -0.1) is 5.10 Å². The molecular formula is C14H31KN4O3. The van der Waals surface area contributed by atoms with Gasteiger partial charge in [-0.2, -0.15) is 7.05 Å². The van der Waals surface area contributed by atoms with Crippen molar-refractivity contribution in [2.75, 3.05) is 13.7 Å². The molecule has 22 heavy (non-hydrogen) atoms. The monoisotopic (exact) mass is 342 g/mol. The molecule has 0 atom stereocenters. The molecule has 0 radical (unpaired) electrons. The average Bonchev–Trinajstić information content (AvgIpc) is 2.78.